The van der Waals surface area contributed by atoms with E-state index in [1.54, 1.807) is 7.11 Å². The summed E-state index contributed by atoms with van der Waals surface area (Å²) >= 11 is 0. The Kier molecular flexibility index (Phi) is 7.12. The van der Waals surface area contributed by atoms with Crippen LogP contribution in [0.25, 0.3) is 11.0 Å². The minimum Gasteiger partial charge on any atom is -0.494 e. The van der Waals surface area contributed by atoms with Gasteiger partial charge in [-0.3, -0.25) is 4.31 Å². The zero-order valence-electron chi connectivity index (χ0n) is 23.9. The molecule has 3 N–H and O–H groups in total. The molecule has 0 bridgehead atoms. The van der Waals surface area contributed by atoms with Gasteiger partial charge in [-0.2, -0.15) is 9.97 Å². The van der Waals surface area contributed by atoms with E-state index in [2.05, 4.69) is 51.5 Å². The van der Waals surface area contributed by atoms with Crippen molar-refractivity contribution in [2.24, 2.45) is 0 Å². The Labute approximate surface area is 240 Å². The Morgan fingerprint density at radius 2 is 1.85 bits per heavy atom. The highest BCUT2D eigenvalue weighted by atomic mass is 32.2. The van der Waals surface area contributed by atoms with E-state index in [0.717, 1.165) is 54.8 Å². The number of sulfonamides is 1. The van der Waals surface area contributed by atoms with Gasteiger partial charge in [0, 0.05) is 44.1 Å². The lowest BCUT2D eigenvalue weighted by Gasteiger charge is -2.26. The van der Waals surface area contributed by atoms with E-state index >= 15 is 0 Å². The van der Waals surface area contributed by atoms with Crippen molar-refractivity contribution >= 4 is 55.6 Å². The Balaban J connectivity index is 1.34. The van der Waals surface area contributed by atoms with Crippen molar-refractivity contribution in [3.63, 3.8) is 0 Å². The van der Waals surface area contributed by atoms with Crippen molar-refractivity contribution in [2.45, 2.75) is 19.8 Å². The van der Waals surface area contributed by atoms with E-state index in [-0.39, 0.29) is 0 Å². The number of nitrogens with one attached hydrogen (secondary N) is 3. The summed E-state index contributed by atoms with van der Waals surface area (Å²) < 4.78 is 32.3. The van der Waals surface area contributed by atoms with Crippen LogP contribution in [0.2, 0.25) is 0 Å². The molecular formula is C29H36N8O3S. The van der Waals surface area contributed by atoms with Crippen LogP contribution in [-0.4, -0.2) is 81.4 Å². The molecule has 0 unspecified atom stereocenters. The lowest BCUT2D eigenvalue weighted by Crippen LogP contribution is -2.29. The zero-order valence-corrected chi connectivity index (χ0v) is 24.7. The van der Waals surface area contributed by atoms with E-state index < -0.39 is 10.0 Å². The first-order valence-corrected chi connectivity index (χ1v) is 15.7. The lowest BCUT2D eigenvalue weighted by molar-refractivity contribution is 0.360. The molecule has 1 saturated heterocycles. The first-order chi connectivity index (χ1) is 19.7. The van der Waals surface area contributed by atoms with Gasteiger partial charge in [-0.05, 0) is 62.7 Å². The second kappa shape index (κ2) is 10.7. The summed E-state index contributed by atoms with van der Waals surface area (Å²) in [4.78, 5) is 17.5. The highest BCUT2D eigenvalue weighted by Gasteiger charge is 2.29. The number of aryl methyl sites for hydroxylation is 1. The summed E-state index contributed by atoms with van der Waals surface area (Å²) in [6.07, 6.45) is 4.83. The highest BCUT2D eigenvalue weighted by molar-refractivity contribution is 7.92. The van der Waals surface area contributed by atoms with Crippen LogP contribution in [0.5, 0.6) is 5.75 Å². The average Bonchev–Trinajstić information content (AvgIpc) is 3.54. The fraction of sp³-hybridized carbons (Fsp3) is 0.379. The smallest absolute Gasteiger partial charge is 0.232 e. The summed E-state index contributed by atoms with van der Waals surface area (Å²) in [6.45, 7) is 6.62. The van der Waals surface area contributed by atoms with E-state index in [0.29, 0.717) is 47.5 Å². The molecule has 2 aromatic carbocycles. The molecule has 2 aliphatic heterocycles. The maximum atomic E-state index is 12.5. The molecule has 216 valence electrons. The number of hydrogen-bond acceptors (Lipinski definition) is 9. The number of ether oxygens (including phenoxy) is 1. The third kappa shape index (κ3) is 5.36. The van der Waals surface area contributed by atoms with Crippen molar-refractivity contribution in [3.05, 3.63) is 53.7 Å². The van der Waals surface area contributed by atoms with Crippen LogP contribution in [0.3, 0.4) is 0 Å². The first-order valence-electron chi connectivity index (χ1n) is 13.8. The molecule has 12 heteroatoms. The van der Waals surface area contributed by atoms with Gasteiger partial charge in [-0.25, -0.2) is 8.42 Å². The van der Waals surface area contributed by atoms with Gasteiger partial charge in [0.2, 0.25) is 16.0 Å². The predicted octanol–water partition coefficient (Wildman–Crippen LogP) is 4.23. The van der Waals surface area contributed by atoms with Gasteiger partial charge in [0.05, 0.1) is 35.8 Å². The lowest BCUT2D eigenvalue weighted by atomic mass is 10.1. The fourth-order valence-electron chi connectivity index (χ4n) is 5.77. The summed E-state index contributed by atoms with van der Waals surface area (Å²) in [5.41, 5.74) is 6.05. The Hall–Kier alpha value is -4.03. The number of aromatic nitrogens is 3. The number of nitrogens with zero attached hydrogens (tertiary/aromatic N) is 5. The van der Waals surface area contributed by atoms with E-state index in [1.807, 2.05) is 30.5 Å². The maximum Gasteiger partial charge on any atom is 0.232 e. The molecule has 4 heterocycles. The van der Waals surface area contributed by atoms with Crippen LogP contribution >= 0.6 is 0 Å². The quantitative estimate of drug-likeness (QED) is 0.297. The molecule has 0 amide bonds. The Morgan fingerprint density at radius 3 is 2.66 bits per heavy atom. The van der Waals surface area contributed by atoms with Crippen LogP contribution in [0.1, 0.15) is 17.5 Å². The fourth-order valence-corrected chi connectivity index (χ4v) is 6.74. The number of H-pyrrole nitrogens is 1. The van der Waals surface area contributed by atoms with Gasteiger partial charge in [-0.1, -0.05) is 12.1 Å². The number of methoxy groups -OCH3 is 1. The molecule has 41 heavy (non-hydrogen) atoms. The van der Waals surface area contributed by atoms with Crippen molar-refractivity contribution in [1.29, 1.82) is 0 Å². The molecule has 0 atom stereocenters. The third-order valence-corrected chi connectivity index (χ3v) is 9.01. The second-order valence-electron chi connectivity index (χ2n) is 10.8. The number of anilines is 6. The van der Waals surface area contributed by atoms with Gasteiger partial charge < -0.3 is 30.2 Å². The number of rotatable bonds is 7. The van der Waals surface area contributed by atoms with Gasteiger partial charge in [0.1, 0.15) is 17.2 Å². The van der Waals surface area contributed by atoms with Crippen molar-refractivity contribution in [3.8, 4) is 5.75 Å². The molecule has 2 aliphatic rings. The molecule has 1 fully saturated rings. The van der Waals surface area contributed by atoms with Crippen molar-refractivity contribution < 1.29 is 13.2 Å². The largest absolute Gasteiger partial charge is 0.494 e. The van der Waals surface area contributed by atoms with Crippen LogP contribution < -0.4 is 24.6 Å². The minimum atomic E-state index is -3.42. The molecule has 0 saturated carbocycles. The number of aromatic amines is 1. The number of fused-ring (bicyclic) bond motifs is 2. The van der Waals surface area contributed by atoms with Gasteiger partial charge >= 0.3 is 0 Å². The monoisotopic (exact) mass is 576 g/mol. The molecule has 6 rings (SSSR count). The average molecular weight is 577 g/mol. The number of benzene rings is 2. The van der Waals surface area contributed by atoms with E-state index in [4.69, 9.17) is 14.7 Å². The molecule has 0 spiro atoms. The number of likely N-dealkylation sites (N-methyl/N-ethyl adjacent to an activating group) is 1. The predicted molar refractivity (Wildman–Crippen MR) is 165 cm³/mol. The number of para-hydroxylation sites is 1. The molecule has 11 nitrogen and oxygen atoms in total. The maximum absolute atomic E-state index is 12.5. The van der Waals surface area contributed by atoms with Crippen LogP contribution in [0.4, 0.5) is 34.5 Å². The van der Waals surface area contributed by atoms with Crippen molar-refractivity contribution in [1.82, 2.24) is 19.9 Å². The van der Waals surface area contributed by atoms with Gasteiger partial charge in [0.15, 0.2) is 0 Å². The topological polar surface area (TPSA) is 119 Å². The first kappa shape index (κ1) is 27.2. The van der Waals surface area contributed by atoms with Crippen molar-refractivity contribution in [2.75, 3.05) is 73.0 Å². The summed E-state index contributed by atoms with van der Waals surface area (Å²) in [7, 11) is 0.418. The van der Waals surface area contributed by atoms with Crippen LogP contribution in [-0.2, 0) is 16.4 Å². The van der Waals surface area contributed by atoms with E-state index in [9.17, 15) is 8.42 Å². The number of hydrogen-bond donors (Lipinski definition) is 3. The molecule has 4 aromatic rings. The van der Waals surface area contributed by atoms with Crippen LogP contribution in [0, 0.1) is 6.92 Å². The summed E-state index contributed by atoms with van der Waals surface area (Å²) in [5.74, 6) is 1.66. The summed E-state index contributed by atoms with van der Waals surface area (Å²) in [5, 5.41) is 7.56. The zero-order chi connectivity index (χ0) is 28.7. The SMILES string of the molecule is COc1cc(N2CCCN(C)CC2)c(C)cc1Nc1nc(Nc2cccc3c2N(S(C)(=O)=O)CC3)c2cc[nH]c2n1. The van der Waals surface area contributed by atoms with Gasteiger partial charge in [0.25, 0.3) is 0 Å². The molecular weight excluding hydrogens is 540 g/mol. The Bertz CT molecular complexity index is 1700. The standard InChI is InChI=1S/C29H36N8O3S/c1-19-17-23(25(40-3)18-24(19)36-13-6-12-35(2)15-16-36)32-29-33-27-21(9-11-30-27)28(34-29)31-22-8-5-7-20-10-14-37(26(20)22)41(4,38)39/h5,7-9,11,17-18H,6,10,12-16H2,1-4H3,(H3,30,31,32,33,34). The molecule has 2 aromatic heterocycles. The van der Waals surface area contributed by atoms with Gasteiger partial charge in [-0.15, -0.1) is 0 Å². The normalized spacial score (nSPS) is 16.1. The second-order valence-corrected chi connectivity index (χ2v) is 12.7. The summed E-state index contributed by atoms with van der Waals surface area (Å²) in [6, 6.07) is 11.8. The van der Waals surface area contributed by atoms with E-state index in [1.165, 1.54) is 16.2 Å². The molecule has 0 aliphatic carbocycles. The highest BCUT2D eigenvalue weighted by Crippen LogP contribution is 2.40. The van der Waals surface area contributed by atoms with Crippen LogP contribution in [0.15, 0.2) is 42.6 Å². The third-order valence-electron chi connectivity index (χ3n) is 7.85. The Morgan fingerprint density at radius 1 is 1.00 bits per heavy atom. The molecule has 0 radical (unpaired) electrons. The minimum absolute atomic E-state index is 0.386.